The standard InChI is InChI=1S/C21H19IN2O4/c25-21-17-11-5-6-12-18(17)22(26,27,28-21)24-19-13-7-4-10-16(19)14-23-20(24)15-8-2-1-3-9-15/h1-13,20,23,26-27H,14H2. The number of para-hydroxylation sites is 1. The summed E-state index contributed by atoms with van der Waals surface area (Å²) in [5.74, 6) is -0.704. The topological polar surface area (TPSA) is 82.0 Å². The summed E-state index contributed by atoms with van der Waals surface area (Å²) in [5, 5.41) is 3.38. The molecule has 3 N–H and O–H groups in total. The van der Waals surface area contributed by atoms with E-state index in [1.165, 1.54) is 3.11 Å². The number of rotatable bonds is 2. The van der Waals surface area contributed by atoms with Crippen molar-refractivity contribution in [3.8, 4) is 0 Å². The van der Waals surface area contributed by atoms with Gasteiger partial charge in [0, 0.05) is 0 Å². The van der Waals surface area contributed by atoms with Crippen molar-refractivity contribution in [2.75, 3.05) is 3.11 Å². The van der Waals surface area contributed by atoms with E-state index in [0.717, 1.165) is 11.1 Å². The molecular formula is C21H19IN2O4. The van der Waals surface area contributed by atoms with Gasteiger partial charge >= 0.3 is 165 Å². The summed E-state index contributed by atoms with van der Waals surface area (Å²) in [6, 6.07) is 23.5. The molecule has 0 aromatic heterocycles. The zero-order valence-corrected chi connectivity index (χ0v) is 17.0. The maximum atomic E-state index is 12.5. The van der Waals surface area contributed by atoms with Gasteiger partial charge in [-0.25, -0.2) is 0 Å². The van der Waals surface area contributed by atoms with Crippen molar-refractivity contribution in [1.82, 2.24) is 5.32 Å². The molecule has 1 atom stereocenters. The first-order valence-electron chi connectivity index (χ1n) is 8.84. The van der Waals surface area contributed by atoms with Gasteiger partial charge in [-0.1, -0.05) is 0 Å². The number of fused-ring (bicyclic) bond motifs is 2. The molecule has 0 radical (unpaired) electrons. The minimum atomic E-state index is -6.04. The quantitative estimate of drug-likeness (QED) is 0.377. The molecule has 2 heterocycles. The second-order valence-electron chi connectivity index (χ2n) is 6.74. The van der Waals surface area contributed by atoms with Crippen LogP contribution in [0.1, 0.15) is 27.7 Å². The maximum absolute atomic E-state index is 12.5. The van der Waals surface area contributed by atoms with E-state index in [1.54, 1.807) is 24.3 Å². The Morgan fingerprint density at radius 1 is 0.929 bits per heavy atom. The van der Waals surface area contributed by atoms with Gasteiger partial charge in [0.25, 0.3) is 0 Å². The van der Waals surface area contributed by atoms with Crippen molar-refractivity contribution in [2.45, 2.75) is 12.7 Å². The molecule has 2 aliphatic heterocycles. The van der Waals surface area contributed by atoms with Crippen LogP contribution >= 0.6 is 18.6 Å². The van der Waals surface area contributed by atoms with E-state index in [1.807, 2.05) is 54.6 Å². The van der Waals surface area contributed by atoms with Crippen molar-refractivity contribution in [2.24, 2.45) is 0 Å². The van der Waals surface area contributed by atoms with Crippen LogP contribution < -0.4 is 8.43 Å². The first kappa shape index (κ1) is 17.6. The Balaban J connectivity index is 1.78. The molecule has 144 valence electrons. The fourth-order valence-corrected chi connectivity index (χ4v) is 10.9. The summed E-state index contributed by atoms with van der Waals surface area (Å²) in [6.45, 7) is 0.559. The molecule has 0 saturated heterocycles. The number of hydrogen-bond acceptors (Lipinski definition) is 6. The van der Waals surface area contributed by atoms with Gasteiger partial charge < -0.3 is 0 Å². The van der Waals surface area contributed by atoms with Crippen LogP contribution in [0.15, 0.2) is 78.9 Å². The SMILES string of the molecule is O=C1OI(O)(O)(N2c3ccccc3CNC2c2ccccc2)c2ccccc21. The number of benzene rings is 3. The van der Waals surface area contributed by atoms with E-state index >= 15 is 0 Å². The summed E-state index contributed by atoms with van der Waals surface area (Å²) < 4.78 is 30.9. The number of carbonyl (C=O) groups is 1. The first-order chi connectivity index (χ1) is 13.5. The molecule has 0 aliphatic carbocycles. The van der Waals surface area contributed by atoms with Crippen LogP contribution in [0.2, 0.25) is 0 Å². The van der Waals surface area contributed by atoms with Crippen LogP contribution in [0.25, 0.3) is 0 Å². The van der Waals surface area contributed by atoms with Crippen molar-refractivity contribution in [3.05, 3.63) is 99.1 Å². The van der Waals surface area contributed by atoms with Crippen LogP contribution in [0.3, 0.4) is 0 Å². The van der Waals surface area contributed by atoms with Crippen LogP contribution in [0.4, 0.5) is 5.69 Å². The monoisotopic (exact) mass is 490 g/mol. The molecule has 5 rings (SSSR count). The molecule has 28 heavy (non-hydrogen) atoms. The summed E-state index contributed by atoms with van der Waals surface area (Å²) in [7, 11) is 0. The normalized spacial score (nSPS) is 23.1. The fraction of sp³-hybridized carbons (Fsp3) is 0.0952. The number of anilines is 1. The number of nitrogens with zero attached hydrogens (tertiary/aromatic N) is 1. The van der Waals surface area contributed by atoms with Gasteiger partial charge in [0.1, 0.15) is 0 Å². The van der Waals surface area contributed by atoms with E-state index in [2.05, 4.69) is 5.32 Å². The van der Waals surface area contributed by atoms with Gasteiger partial charge in [-0.3, -0.25) is 0 Å². The Bertz CT molecular complexity index is 1090. The molecule has 2 aliphatic rings. The summed E-state index contributed by atoms with van der Waals surface area (Å²) in [5.41, 5.74) is 2.61. The van der Waals surface area contributed by atoms with Crippen molar-refractivity contribution < 1.29 is 14.7 Å². The molecule has 0 amide bonds. The predicted molar refractivity (Wildman–Crippen MR) is 114 cm³/mol. The average molecular weight is 490 g/mol. The van der Waals surface area contributed by atoms with Crippen LogP contribution in [0.5, 0.6) is 0 Å². The third-order valence-electron chi connectivity index (χ3n) is 5.04. The molecule has 6 nitrogen and oxygen atoms in total. The third kappa shape index (κ3) is 2.40. The second kappa shape index (κ2) is 6.02. The van der Waals surface area contributed by atoms with Gasteiger partial charge in [0.15, 0.2) is 0 Å². The number of halogens is 1. The van der Waals surface area contributed by atoms with E-state index in [9.17, 15) is 11.7 Å². The van der Waals surface area contributed by atoms with Gasteiger partial charge in [0.2, 0.25) is 0 Å². The first-order valence-corrected chi connectivity index (χ1v) is 13.7. The molecule has 1 unspecified atom stereocenters. The van der Waals surface area contributed by atoms with Crippen LogP contribution in [0, 0.1) is 3.57 Å². The Kier molecular flexibility index (Phi) is 3.79. The van der Waals surface area contributed by atoms with E-state index in [-0.39, 0.29) is 9.13 Å². The third-order valence-corrected chi connectivity index (χ3v) is 12.2. The molecule has 0 bridgehead atoms. The summed E-state index contributed by atoms with van der Waals surface area (Å²) in [6.07, 6.45) is -0.556. The van der Waals surface area contributed by atoms with E-state index in [0.29, 0.717) is 12.2 Å². The molecular weight excluding hydrogens is 471 g/mol. The van der Waals surface area contributed by atoms with E-state index in [4.69, 9.17) is 3.07 Å². The predicted octanol–water partition coefficient (Wildman–Crippen LogP) is 3.56. The van der Waals surface area contributed by atoms with Crippen molar-refractivity contribution in [1.29, 1.82) is 0 Å². The number of hydrogen-bond donors (Lipinski definition) is 3. The Hall–Kier alpha value is -2.46. The Labute approximate surface area is 165 Å². The molecule has 0 spiro atoms. The Morgan fingerprint density at radius 2 is 1.61 bits per heavy atom. The fourth-order valence-electron chi connectivity index (χ4n) is 3.78. The molecule has 0 saturated carbocycles. The van der Waals surface area contributed by atoms with Gasteiger partial charge in [-0.2, -0.15) is 0 Å². The zero-order valence-electron chi connectivity index (χ0n) is 14.8. The Morgan fingerprint density at radius 3 is 2.43 bits per heavy atom. The molecule has 0 fully saturated rings. The van der Waals surface area contributed by atoms with Crippen molar-refractivity contribution in [3.63, 3.8) is 0 Å². The van der Waals surface area contributed by atoms with E-state index < -0.39 is 30.7 Å². The summed E-state index contributed by atoms with van der Waals surface area (Å²) >= 11 is -6.04. The second-order valence-corrected chi connectivity index (χ2v) is 13.7. The van der Waals surface area contributed by atoms with Gasteiger partial charge in [0.05, 0.1) is 0 Å². The zero-order chi connectivity index (χ0) is 19.4. The van der Waals surface area contributed by atoms with Gasteiger partial charge in [-0.15, -0.1) is 0 Å². The molecule has 3 aromatic rings. The number of carbonyl (C=O) groups excluding carboxylic acids is 1. The van der Waals surface area contributed by atoms with Crippen LogP contribution in [-0.4, -0.2) is 12.8 Å². The van der Waals surface area contributed by atoms with Crippen LogP contribution in [-0.2, 0) is 9.61 Å². The van der Waals surface area contributed by atoms with Crippen molar-refractivity contribution >= 4 is 30.2 Å². The summed E-state index contributed by atoms with van der Waals surface area (Å²) in [4.78, 5) is 12.5. The van der Waals surface area contributed by atoms with Gasteiger partial charge in [-0.05, 0) is 0 Å². The molecule has 3 aromatic carbocycles. The average Bonchev–Trinajstić information content (AvgIpc) is 2.95. The minimum absolute atomic E-state index is 0.178. The number of nitrogens with one attached hydrogen (secondary N) is 1. The molecule has 7 heteroatoms.